The molecule has 1 aromatic rings. The summed E-state index contributed by atoms with van der Waals surface area (Å²) in [5.41, 5.74) is 2.95. The van der Waals surface area contributed by atoms with Gasteiger partial charge in [0, 0.05) is 18.3 Å². The summed E-state index contributed by atoms with van der Waals surface area (Å²) >= 11 is 0. The van der Waals surface area contributed by atoms with Crippen LogP contribution in [0, 0.1) is 0 Å². The van der Waals surface area contributed by atoms with Gasteiger partial charge in [-0.25, -0.2) is 0 Å². The molecule has 0 fully saturated rings. The molecule has 1 aromatic carbocycles. The van der Waals surface area contributed by atoms with Crippen LogP contribution >= 0.6 is 0 Å². The maximum atomic E-state index is 11.9. The summed E-state index contributed by atoms with van der Waals surface area (Å²) in [5.74, 6) is -0.172. The molecule has 23 heavy (non-hydrogen) atoms. The summed E-state index contributed by atoms with van der Waals surface area (Å²) in [6.45, 7) is 2.60. The Labute approximate surface area is 137 Å². The molecule has 1 aliphatic carbocycles. The van der Waals surface area contributed by atoms with E-state index in [0.717, 1.165) is 24.3 Å². The minimum absolute atomic E-state index is 0.0603. The van der Waals surface area contributed by atoms with Crippen LogP contribution in [0.3, 0.4) is 0 Å². The van der Waals surface area contributed by atoms with E-state index >= 15 is 0 Å². The van der Waals surface area contributed by atoms with Crippen molar-refractivity contribution in [1.29, 1.82) is 0 Å². The molecule has 0 heterocycles. The van der Waals surface area contributed by atoms with E-state index < -0.39 is 0 Å². The fraction of sp³-hybridized carbons (Fsp3) is 0.444. The Morgan fingerprint density at radius 3 is 2.35 bits per heavy atom. The lowest BCUT2D eigenvalue weighted by Crippen LogP contribution is -2.29. The van der Waals surface area contributed by atoms with Gasteiger partial charge in [-0.1, -0.05) is 11.6 Å². The van der Waals surface area contributed by atoms with Gasteiger partial charge in [-0.15, -0.1) is 0 Å². The molecule has 2 rings (SSSR count). The Morgan fingerprint density at radius 1 is 1.04 bits per heavy atom. The Bertz CT molecular complexity index is 564. The van der Waals surface area contributed by atoms with Crippen LogP contribution in [0.2, 0.25) is 0 Å². The average Bonchev–Trinajstić information content (AvgIpc) is 2.54. The third-order valence-electron chi connectivity index (χ3n) is 3.78. The molecule has 3 N–H and O–H groups in total. The number of hydrogen-bond acceptors (Lipinski definition) is 3. The molecule has 5 heteroatoms. The number of anilines is 2. The van der Waals surface area contributed by atoms with Crippen molar-refractivity contribution < 1.29 is 9.59 Å². The van der Waals surface area contributed by atoms with Crippen molar-refractivity contribution in [3.63, 3.8) is 0 Å². The first-order valence-corrected chi connectivity index (χ1v) is 8.19. The zero-order chi connectivity index (χ0) is 16.5. The van der Waals surface area contributed by atoms with E-state index in [4.69, 9.17) is 0 Å². The van der Waals surface area contributed by atoms with Gasteiger partial charge < -0.3 is 16.0 Å². The summed E-state index contributed by atoms with van der Waals surface area (Å²) in [7, 11) is 0. The van der Waals surface area contributed by atoms with E-state index in [2.05, 4.69) is 22.0 Å². The standard InChI is InChI=1S/C18H25N3O2/c1-14(22)20-16-7-9-17(10-8-16)21-18(23)13-19-12-11-15-5-3-2-4-6-15/h5,7-10,19H,2-4,6,11-13H2,1H3,(H,20,22)(H,21,23). The van der Waals surface area contributed by atoms with Gasteiger partial charge in [0.25, 0.3) is 0 Å². The van der Waals surface area contributed by atoms with Crippen LogP contribution in [-0.2, 0) is 9.59 Å². The number of carbonyl (C=O) groups is 2. The van der Waals surface area contributed by atoms with Gasteiger partial charge in [0.15, 0.2) is 0 Å². The molecular weight excluding hydrogens is 290 g/mol. The molecule has 1 aliphatic rings. The highest BCUT2D eigenvalue weighted by Gasteiger charge is 2.05. The van der Waals surface area contributed by atoms with E-state index in [1.165, 1.54) is 38.2 Å². The lowest BCUT2D eigenvalue weighted by atomic mass is 9.97. The lowest BCUT2D eigenvalue weighted by Gasteiger charge is -2.13. The Balaban J connectivity index is 1.66. The second-order valence-electron chi connectivity index (χ2n) is 5.84. The molecule has 0 unspecified atom stereocenters. The number of amides is 2. The van der Waals surface area contributed by atoms with Gasteiger partial charge in [-0.2, -0.15) is 0 Å². The number of hydrogen-bond donors (Lipinski definition) is 3. The highest BCUT2D eigenvalue weighted by atomic mass is 16.2. The zero-order valence-corrected chi connectivity index (χ0v) is 13.7. The smallest absolute Gasteiger partial charge is 0.238 e. The largest absolute Gasteiger partial charge is 0.326 e. The predicted octanol–water partition coefficient (Wildman–Crippen LogP) is 3.06. The second kappa shape index (κ2) is 9.10. The summed E-state index contributed by atoms with van der Waals surface area (Å²) < 4.78 is 0. The SMILES string of the molecule is CC(=O)Nc1ccc(NC(=O)CNCCC2=CCCCC2)cc1. The average molecular weight is 315 g/mol. The van der Waals surface area contributed by atoms with E-state index in [0.29, 0.717) is 6.54 Å². The van der Waals surface area contributed by atoms with Gasteiger partial charge in [-0.05, 0) is 62.9 Å². The number of rotatable bonds is 7. The van der Waals surface area contributed by atoms with Gasteiger partial charge in [-0.3, -0.25) is 9.59 Å². The minimum atomic E-state index is -0.112. The van der Waals surface area contributed by atoms with Crippen molar-refractivity contribution in [2.24, 2.45) is 0 Å². The van der Waals surface area contributed by atoms with Crippen LogP contribution in [0.15, 0.2) is 35.9 Å². The van der Waals surface area contributed by atoms with Crippen molar-refractivity contribution in [3.8, 4) is 0 Å². The molecule has 0 aromatic heterocycles. The number of allylic oxidation sites excluding steroid dienone is 1. The maximum absolute atomic E-state index is 11.9. The highest BCUT2D eigenvalue weighted by molar-refractivity contribution is 5.93. The first-order chi connectivity index (χ1) is 11.1. The van der Waals surface area contributed by atoms with Crippen LogP contribution in [0.25, 0.3) is 0 Å². The molecule has 0 saturated heterocycles. The van der Waals surface area contributed by atoms with E-state index in [9.17, 15) is 9.59 Å². The molecule has 0 aliphatic heterocycles. The maximum Gasteiger partial charge on any atom is 0.238 e. The van der Waals surface area contributed by atoms with Crippen LogP contribution in [0.4, 0.5) is 11.4 Å². The van der Waals surface area contributed by atoms with Gasteiger partial charge in [0.05, 0.1) is 6.54 Å². The molecule has 0 saturated carbocycles. The lowest BCUT2D eigenvalue weighted by molar-refractivity contribution is -0.115. The first-order valence-electron chi connectivity index (χ1n) is 8.19. The van der Waals surface area contributed by atoms with Gasteiger partial charge in [0.2, 0.25) is 11.8 Å². The Morgan fingerprint density at radius 2 is 1.74 bits per heavy atom. The van der Waals surface area contributed by atoms with Gasteiger partial charge in [0.1, 0.15) is 0 Å². The third kappa shape index (κ3) is 6.65. The number of nitrogens with one attached hydrogen (secondary N) is 3. The van der Waals surface area contributed by atoms with E-state index in [1.807, 2.05) is 0 Å². The molecule has 0 spiro atoms. The molecule has 0 atom stereocenters. The van der Waals surface area contributed by atoms with Crippen molar-refractivity contribution in [1.82, 2.24) is 5.32 Å². The molecule has 2 amide bonds. The quantitative estimate of drug-likeness (QED) is 0.535. The van der Waals surface area contributed by atoms with E-state index in [-0.39, 0.29) is 11.8 Å². The summed E-state index contributed by atoms with van der Waals surface area (Å²) in [6.07, 6.45) is 8.36. The molecule has 5 nitrogen and oxygen atoms in total. The fourth-order valence-corrected chi connectivity index (χ4v) is 2.63. The second-order valence-corrected chi connectivity index (χ2v) is 5.84. The van der Waals surface area contributed by atoms with Crippen molar-refractivity contribution in [2.75, 3.05) is 23.7 Å². The number of benzene rings is 1. The summed E-state index contributed by atoms with van der Waals surface area (Å²) in [5, 5.41) is 8.70. The molecule has 0 radical (unpaired) electrons. The zero-order valence-electron chi connectivity index (χ0n) is 13.7. The fourth-order valence-electron chi connectivity index (χ4n) is 2.63. The third-order valence-corrected chi connectivity index (χ3v) is 3.78. The monoisotopic (exact) mass is 315 g/mol. The normalized spacial score (nSPS) is 14.0. The van der Waals surface area contributed by atoms with Crippen LogP contribution in [0.1, 0.15) is 39.0 Å². The van der Waals surface area contributed by atoms with Crippen molar-refractivity contribution >= 4 is 23.2 Å². The van der Waals surface area contributed by atoms with Crippen LogP contribution < -0.4 is 16.0 Å². The predicted molar refractivity (Wildman–Crippen MR) is 93.4 cm³/mol. The Kier molecular flexibility index (Phi) is 6.81. The van der Waals surface area contributed by atoms with Crippen molar-refractivity contribution in [3.05, 3.63) is 35.9 Å². The van der Waals surface area contributed by atoms with E-state index in [1.54, 1.807) is 24.3 Å². The van der Waals surface area contributed by atoms with Crippen molar-refractivity contribution in [2.45, 2.75) is 39.0 Å². The van der Waals surface area contributed by atoms with Crippen LogP contribution in [-0.4, -0.2) is 24.9 Å². The number of carbonyl (C=O) groups excluding carboxylic acids is 2. The summed E-state index contributed by atoms with van der Waals surface area (Å²) in [6, 6.07) is 7.08. The minimum Gasteiger partial charge on any atom is -0.326 e. The van der Waals surface area contributed by atoms with Crippen LogP contribution in [0.5, 0.6) is 0 Å². The molecule has 124 valence electrons. The Hall–Kier alpha value is -2.14. The molecular formula is C18H25N3O2. The topological polar surface area (TPSA) is 70.2 Å². The summed E-state index contributed by atoms with van der Waals surface area (Å²) in [4.78, 5) is 22.8. The first kappa shape index (κ1) is 17.2. The highest BCUT2D eigenvalue weighted by Crippen LogP contribution is 2.19. The molecule has 0 bridgehead atoms. The van der Waals surface area contributed by atoms with Gasteiger partial charge >= 0.3 is 0 Å².